The van der Waals surface area contributed by atoms with Gasteiger partial charge in [0.05, 0.1) is 35.5 Å². The van der Waals surface area contributed by atoms with E-state index in [1.807, 2.05) is 18.2 Å². The molecule has 1 saturated heterocycles. The summed E-state index contributed by atoms with van der Waals surface area (Å²) in [4.78, 5) is 85.0. The van der Waals surface area contributed by atoms with Crippen molar-refractivity contribution in [2.75, 3.05) is 64.3 Å². The maximum absolute atomic E-state index is 15.1. The predicted octanol–water partition coefficient (Wildman–Crippen LogP) is 3.38. The molecule has 0 radical (unpaired) electrons. The maximum atomic E-state index is 15.1. The summed E-state index contributed by atoms with van der Waals surface area (Å²) in [5, 5.41) is 13.1. The highest BCUT2D eigenvalue weighted by Crippen LogP contribution is 2.20. The summed E-state index contributed by atoms with van der Waals surface area (Å²) in [6.45, 7) is 1.78. The Hall–Kier alpha value is -7.01. The number of halogens is 1. The van der Waals surface area contributed by atoms with Gasteiger partial charge in [-0.15, -0.1) is 0 Å². The van der Waals surface area contributed by atoms with Crippen LogP contribution in [0, 0.1) is 5.82 Å². The van der Waals surface area contributed by atoms with Crippen molar-refractivity contribution in [1.82, 2.24) is 35.2 Å². The highest BCUT2D eigenvalue weighted by atomic mass is 19.1. The molecular formula is C42H43FN8O8. The first kappa shape index (κ1) is 41.6. The third-order valence-electron chi connectivity index (χ3n) is 9.49. The van der Waals surface area contributed by atoms with Gasteiger partial charge in [0.1, 0.15) is 19.0 Å². The molecule has 3 N–H and O–H groups in total. The van der Waals surface area contributed by atoms with Crippen LogP contribution in [0.25, 0.3) is 10.8 Å². The highest BCUT2D eigenvalue weighted by molar-refractivity contribution is 6.01. The number of aromatic amines is 1. The first-order chi connectivity index (χ1) is 28.6. The number of benzene rings is 3. The minimum Gasteiger partial charge on any atom is -0.445 e. The van der Waals surface area contributed by atoms with Crippen LogP contribution in [0.1, 0.15) is 44.6 Å². The van der Waals surface area contributed by atoms with Gasteiger partial charge in [0, 0.05) is 64.2 Å². The van der Waals surface area contributed by atoms with E-state index in [2.05, 4.69) is 25.8 Å². The van der Waals surface area contributed by atoms with E-state index in [0.29, 0.717) is 22.0 Å². The van der Waals surface area contributed by atoms with Crippen molar-refractivity contribution in [3.8, 4) is 0 Å². The largest absolute Gasteiger partial charge is 0.445 e. The van der Waals surface area contributed by atoms with Crippen molar-refractivity contribution in [1.29, 1.82) is 0 Å². The molecule has 0 aliphatic carbocycles. The van der Waals surface area contributed by atoms with Crippen molar-refractivity contribution in [3.05, 3.63) is 135 Å². The number of rotatable bonds is 15. The summed E-state index contributed by atoms with van der Waals surface area (Å²) in [6, 6.07) is 23.5. The number of H-pyrrole nitrogens is 1. The molecule has 5 aromatic rings. The molecule has 1 aliphatic rings. The third kappa shape index (κ3) is 11.1. The van der Waals surface area contributed by atoms with Crippen LogP contribution in [0.15, 0.2) is 95.9 Å². The lowest BCUT2D eigenvalue weighted by Gasteiger charge is -2.36. The maximum Gasteiger partial charge on any atom is 0.410 e. The van der Waals surface area contributed by atoms with Gasteiger partial charge in [0.25, 0.3) is 17.4 Å². The standard InChI is InChI=1S/C42H43FN8O8/c1-28(52)46-35-12-7-15-44-38(35)40(55)45-16-22-58-23-21-51(42(57)59-27-29-8-3-2-4-9-29)26-37(53)49-17-19-50(20-18-49)41(56)33-24-30(13-14-34(33)43)25-36-31-10-5-6-11-32(31)39(54)48-47-36/h2-15,24H,16-23,25-27H2,1H3,(H,45,55)(H,46,52)(H,48,54). The first-order valence-electron chi connectivity index (χ1n) is 18.9. The van der Waals surface area contributed by atoms with E-state index in [4.69, 9.17) is 9.47 Å². The molecule has 17 heteroatoms. The summed E-state index contributed by atoms with van der Waals surface area (Å²) >= 11 is 0. The molecule has 5 amide bonds. The van der Waals surface area contributed by atoms with Gasteiger partial charge < -0.3 is 29.9 Å². The van der Waals surface area contributed by atoms with Crippen molar-refractivity contribution >= 4 is 46.2 Å². The highest BCUT2D eigenvalue weighted by Gasteiger charge is 2.29. The molecule has 3 aromatic carbocycles. The lowest BCUT2D eigenvalue weighted by molar-refractivity contribution is -0.133. The van der Waals surface area contributed by atoms with Crippen molar-refractivity contribution in [2.24, 2.45) is 0 Å². The summed E-state index contributed by atoms with van der Waals surface area (Å²) in [5.41, 5.74) is 1.85. The van der Waals surface area contributed by atoms with Crippen molar-refractivity contribution in [3.63, 3.8) is 0 Å². The number of amides is 5. The molecule has 1 aliphatic heterocycles. The third-order valence-corrected chi connectivity index (χ3v) is 9.49. The fourth-order valence-corrected chi connectivity index (χ4v) is 6.46. The first-order valence-corrected chi connectivity index (χ1v) is 18.9. The second kappa shape index (κ2) is 19.9. The topological polar surface area (TPSA) is 196 Å². The summed E-state index contributed by atoms with van der Waals surface area (Å²) in [7, 11) is 0. The Morgan fingerprint density at radius 1 is 0.864 bits per heavy atom. The Bertz CT molecular complexity index is 2370. The number of pyridine rings is 1. The van der Waals surface area contributed by atoms with Gasteiger partial charge in [-0.3, -0.25) is 28.9 Å². The molecule has 1 fully saturated rings. The average Bonchev–Trinajstić information content (AvgIpc) is 3.25. The Morgan fingerprint density at radius 3 is 2.36 bits per heavy atom. The minimum atomic E-state index is -0.728. The van der Waals surface area contributed by atoms with Gasteiger partial charge in [0.2, 0.25) is 11.8 Å². The van der Waals surface area contributed by atoms with E-state index in [-0.39, 0.29) is 106 Å². The number of piperazine rings is 1. The molecule has 306 valence electrons. The number of nitrogens with zero attached hydrogens (tertiary/aromatic N) is 5. The Kier molecular flexibility index (Phi) is 14.0. The van der Waals surface area contributed by atoms with Crippen LogP contribution in [0.3, 0.4) is 0 Å². The lowest BCUT2D eigenvalue weighted by Crippen LogP contribution is -2.53. The van der Waals surface area contributed by atoms with Gasteiger partial charge in [-0.25, -0.2) is 19.3 Å². The average molecular weight is 807 g/mol. The Balaban J connectivity index is 1.02. The van der Waals surface area contributed by atoms with Gasteiger partial charge in [-0.1, -0.05) is 54.6 Å². The number of aromatic nitrogens is 3. The predicted molar refractivity (Wildman–Crippen MR) is 214 cm³/mol. The van der Waals surface area contributed by atoms with Crippen molar-refractivity contribution in [2.45, 2.75) is 20.0 Å². The number of ether oxygens (including phenoxy) is 2. The van der Waals surface area contributed by atoms with E-state index in [0.717, 1.165) is 5.56 Å². The number of nitrogens with one attached hydrogen (secondary N) is 3. The van der Waals surface area contributed by atoms with Gasteiger partial charge in [-0.2, -0.15) is 5.10 Å². The molecule has 2 aromatic heterocycles. The van der Waals surface area contributed by atoms with Crippen LogP contribution < -0.4 is 16.2 Å². The Morgan fingerprint density at radius 2 is 1.59 bits per heavy atom. The van der Waals surface area contributed by atoms with Crippen LogP contribution in [0.5, 0.6) is 0 Å². The molecule has 0 saturated carbocycles. The second-order valence-electron chi connectivity index (χ2n) is 13.6. The molecule has 59 heavy (non-hydrogen) atoms. The van der Waals surface area contributed by atoms with E-state index in [9.17, 15) is 28.8 Å². The van der Waals surface area contributed by atoms with Gasteiger partial charge in [0.15, 0.2) is 5.69 Å². The number of hydrogen-bond acceptors (Lipinski definition) is 10. The Labute approximate surface area is 338 Å². The zero-order valence-electron chi connectivity index (χ0n) is 32.3. The van der Waals surface area contributed by atoms with E-state index >= 15 is 4.39 Å². The second-order valence-corrected chi connectivity index (χ2v) is 13.6. The van der Waals surface area contributed by atoms with Crippen molar-refractivity contribution < 1.29 is 37.8 Å². The van der Waals surface area contributed by atoms with E-state index in [1.54, 1.807) is 54.6 Å². The molecule has 6 rings (SSSR count). The number of carbonyl (C=O) groups is 5. The molecule has 0 spiro atoms. The minimum absolute atomic E-state index is 0.00131. The monoisotopic (exact) mass is 806 g/mol. The van der Waals surface area contributed by atoms with E-state index in [1.165, 1.54) is 40.0 Å². The smallest absolute Gasteiger partial charge is 0.410 e. The van der Waals surface area contributed by atoms with Crippen LogP contribution in [-0.4, -0.2) is 119 Å². The fourth-order valence-electron chi connectivity index (χ4n) is 6.46. The number of fused-ring (bicyclic) bond motifs is 1. The van der Waals surface area contributed by atoms with Crippen LogP contribution in [0.4, 0.5) is 14.9 Å². The quantitative estimate of drug-likeness (QED) is 0.132. The molecule has 0 atom stereocenters. The summed E-state index contributed by atoms with van der Waals surface area (Å²) in [5.74, 6) is -2.44. The van der Waals surface area contributed by atoms with Crippen LogP contribution in [-0.2, 0) is 32.1 Å². The zero-order chi connectivity index (χ0) is 41.7. The summed E-state index contributed by atoms with van der Waals surface area (Å²) < 4.78 is 26.3. The number of hydrogen-bond donors (Lipinski definition) is 3. The molecular weight excluding hydrogens is 764 g/mol. The van der Waals surface area contributed by atoms with Crippen LogP contribution in [0.2, 0.25) is 0 Å². The lowest BCUT2D eigenvalue weighted by atomic mass is 10.0. The summed E-state index contributed by atoms with van der Waals surface area (Å²) in [6.07, 6.45) is 0.956. The fraction of sp³-hybridized carbons (Fsp3) is 0.286. The molecule has 0 unspecified atom stereocenters. The molecule has 16 nitrogen and oxygen atoms in total. The van der Waals surface area contributed by atoms with Gasteiger partial charge in [-0.05, 0) is 41.5 Å². The number of carbonyl (C=O) groups excluding carboxylic acids is 5. The van der Waals surface area contributed by atoms with Gasteiger partial charge >= 0.3 is 6.09 Å². The molecule has 0 bridgehead atoms. The zero-order valence-corrected chi connectivity index (χ0v) is 32.3. The molecule has 3 heterocycles. The van der Waals surface area contributed by atoms with Crippen LogP contribution >= 0.6 is 0 Å². The SMILES string of the molecule is CC(=O)Nc1cccnc1C(=O)NCCOCCN(CC(=O)N1CCN(C(=O)c2cc(Cc3n[nH]c(=O)c4ccccc34)ccc2F)CC1)C(=O)OCc1ccccc1. The normalized spacial score (nSPS) is 12.5. The van der Waals surface area contributed by atoms with E-state index < -0.39 is 23.7 Å². The number of anilines is 1.